The highest BCUT2D eigenvalue weighted by molar-refractivity contribution is 6.28. The number of carbonyl (C=O) groups is 1. The van der Waals surface area contributed by atoms with Crippen LogP contribution in [0.25, 0.3) is 11.2 Å². The van der Waals surface area contributed by atoms with E-state index < -0.39 is 0 Å². The Morgan fingerprint density at radius 2 is 2.12 bits per heavy atom. The number of H-pyrrole nitrogens is 1. The Hall–Kier alpha value is -1.93. The molecular formula is C16H23ClN6O2. The minimum absolute atomic E-state index is 0.0312. The minimum atomic E-state index is 0.0312. The fourth-order valence-electron chi connectivity index (χ4n) is 3.14. The lowest BCUT2D eigenvalue weighted by Gasteiger charge is -2.32. The highest BCUT2D eigenvalue weighted by Crippen LogP contribution is 2.27. The van der Waals surface area contributed by atoms with Crippen molar-refractivity contribution in [3.63, 3.8) is 0 Å². The highest BCUT2D eigenvalue weighted by Gasteiger charge is 2.27. The summed E-state index contributed by atoms with van der Waals surface area (Å²) in [5, 5.41) is 11.9. The maximum absolute atomic E-state index is 12.3. The van der Waals surface area contributed by atoms with Crippen molar-refractivity contribution >= 4 is 34.5 Å². The monoisotopic (exact) mass is 366 g/mol. The lowest BCUT2D eigenvalue weighted by Crippen LogP contribution is -2.41. The number of unbranched alkanes of at least 4 members (excludes halogenated alkanes) is 2. The molecule has 0 aliphatic carbocycles. The number of hydrogen-bond donors (Lipinski definition) is 3. The molecule has 0 saturated carbocycles. The van der Waals surface area contributed by atoms with Gasteiger partial charge in [0.05, 0.1) is 6.33 Å². The number of carbonyl (C=O) groups excluding carboxylic acids is 1. The molecule has 0 atom stereocenters. The molecular weight excluding hydrogens is 344 g/mol. The van der Waals surface area contributed by atoms with Crippen LogP contribution in [0, 0.1) is 5.92 Å². The van der Waals surface area contributed by atoms with Gasteiger partial charge in [-0.05, 0) is 43.7 Å². The lowest BCUT2D eigenvalue weighted by atomic mass is 9.96. The van der Waals surface area contributed by atoms with Crippen LogP contribution in [-0.4, -0.2) is 57.2 Å². The van der Waals surface area contributed by atoms with Gasteiger partial charge in [-0.15, -0.1) is 0 Å². The number of rotatable bonds is 7. The Morgan fingerprint density at radius 3 is 2.88 bits per heavy atom. The van der Waals surface area contributed by atoms with Crippen molar-refractivity contribution < 1.29 is 9.90 Å². The Balaban J connectivity index is 1.53. The van der Waals surface area contributed by atoms with E-state index in [2.05, 4.69) is 30.2 Å². The third-order valence-corrected chi connectivity index (χ3v) is 4.71. The van der Waals surface area contributed by atoms with Gasteiger partial charge in [0.15, 0.2) is 11.5 Å². The van der Waals surface area contributed by atoms with E-state index in [0.717, 1.165) is 56.5 Å². The van der Waals surface area contributed by atoms with Gasteiger partial charge >= 0.3 is 0 Å². The zero-order valence-corrected chi connectivity index (χ0v) is 14.8. The van der Waals surface area contributed by atoms with Crippen LogP contribution in [0.4, 0.5) is 5.82 Å². The van der Waals surface area contributed by atoms with Crippen LogP contribution in [0.5, 0.6) is 0 Å². The molecule has 3 N–H and O–H groups in total. The van der Waals surface area contributed by atoms with Gasteiger partial charge in [0.25, 0.3) is 0 Å². The number of aliphatic hydroxyl groups excluding tert-OH is 1. The van der Waals surface area contributed by atoms with Crippen LogP contribution >= 0.6 is 11.6 Å². The Labute approximate surface area is 151 Å². The average Bonchev–Trinajstić information content (AvgIpc) is 3.09. The SMILES string of the molecule is O=C(NCCCCCO)C1CCN(c2nc(Cl)nc3nc[nH]c23)CC1. The van der Waals surface area contributed by atoms with Gasteiger partial charge in [-0.1, -0.05) is 0 Å². The molecule has 0 spiro atoms. The van der Waals surface area contributed by atoms with Crippen LogP contribution in [0.2, 0.25) is 5.28 Å². The number of aromatic amines is 1. The lowest BCUT2D eigenvalue weighted by molar-refractivity contribution is -0.125. The van der Waals surface area contributed by atoms with Gasteiger partial charge in [-0.2, -0.15) is 9.97 Å². The summed E-state index contributed by atoms with van der Waals surface area (Å²) in [5.41, 5.74) is 1.33. The van der Waals surface area contributed by atoms with Gasteiger partial charge in [0, 0.05) is 32.2 Å². The fraction of sp³-hybridized carbons (Fsp3) is 0.625. The van der Waals surface area contributed by atoms with Gasteiger partial charge in [-0.3, -0.25) is 4.79 Å². The summed E-state index contributed by atoms with van der Waals surface area (Å²) >= 11 is 5.99. The number of imidazole rings is 1. The summed E-state index contributed by atoms with van der Waals surface area (Å²) in [6.45, 7) is 2.37. The smallest absolute Gasteiger partial charge is 0.226 e. The van der Waals surface area contributed by atoms with Crippen LogP contribution < -0.4 is 10.2 Å². The van der Waals surface area contributed by atoms with E-state index in [4.69, 9.17) is 16.7 Å². The van der Waals surface area contributed by atoms with Crippen molar-refractivity contribution in [2.45, 2.75) is 32.1 Å². The van der Waals surface area contributed by atoms with E-state index in [1.807, 2.05) is 0 Å². The second kappa shape index (κ2) is 8.44. The minimum Gasteiger partial charge on any atom is -0.396 e. The Morgan fingerprint density at radius 1 is 1.32 bits per heavy atom. The molecule has 25 heavy (non-hydrogen) atoms. The summed E-state index contributed by atoms with van der Waals surface area (Å²) in [4.78, 5) is 30.0. The molecule has 1 aliphatic rings. The normalized spacial score (nSPS) is 15.7. The number of fused-ring (bicyclic) bond motifs is 1. The molecule has 3 rings (SSSR count). The molecule has 136 valence electrons. The first-order valence-corrected chi connectivity index (χ1v) is 9.07. The van der Waals surface area contributed by atoms with Gasteiger partial charge < -0.3 is 20.3 Å². The topological polar surface area (TPSA) is 107 Å². The van der Waals surface area contributed by atoms with E-state index in [-0.39, 0.29) is 23.7 Å². The molecule has 0 unspecified atom stereocenters. The number of anilines is 1. The van der Waals surface area contributed by atoms with Crippen molar-refractivity contribution in [1.29, 1.82) is 0 Å². The molecule has 0 radical (unpaired) electrons. The van der Waals surface area contributed by atoms with Gasteiger partial charge in [0.1, 0.15) is 5.52 Å². The predicted octanol–water partition coefficient (Wildman–Crippen LogP) is 1.50. The maximum atomic E-state index is 12.3. The molecule has 1 aliphatic heterocycles. The van der Waals surface area contributed by atoms with Crippen molar-refractivity contribution in [1.82, 2.24) is 25.3 Å². The number of nitrogens with zero attached hydrogens (tertiary/aromatic N) is 4. The molecule has 3 heterocycles. The van der Waals surface area contributed by atoms with E-state index >= 15 is 0 Å². The van der Waals surface area contributed by atoms with Gasteiger partial charge in [0.2, 0.25) is 11.2 Å². The van der Waals surface area contributed by atoms with Crippen molar-refractivity contribution in [3.8, 4) is 0 Å². The van der Waals surface area contributed by atoms with Crippen LogP contribution in [0.15, 0.2) is 6.33 Å². The van der Waals surface area contributed by atoms with Crippen LogP contribution in [-0.2, 0) is 4.79 Å². The van der Waals surface area contributed by atoms with Gasteiger partial charge in [-0.25, -0.2) is 4.98 Å². The number of hydrogen-bond acceptors (Lipinski definition) is 6. The summed E-state index contributed by atoms with van der Waals surface area (Å²) in [7, 11) is 0. The molecule has 2 aromatic rings. The zero-order chi connectivity index (χ0) is 17.6. The average molecular weight is 367 g/mol. The van der Waals surface area contributed by atoms with E-state index in [1.54, 1.807) is 6.33 Å². The number of aromatic nitrogens is 4. The largest absolute Gasteiger partial charge is 0.396 e. The number of nitrogens with one attached hydrogen (secondary N) is 2. The Bertz CT molecular complexity index is 714. The molecule has 0 aromatic carbocycles. The first-order valence-electron chi connectivity index (χ1n) is 8.69. The molecule has 2 aromatic heterocycles. The molecule has 8 nitrogen and oxygen atoms in total. The van der Waals surface area contributed by atoms with E-state index in [1.165, 1.54) is 0 Å². The highest BCUT2D eigenvalue weighted by atomic mass is 35.5. The van der Waals surface area contributed by atoms with Crippen LogP contribution in [0.1, 0.15) is 32.1 Å². The maximum Gasteiger partial charge on any atom is 0.226 e. The Kier molecular flexibility index (Phi) is 6.04. The molecule has 0 bridgehead atoms. The van der Waals surface area contributed by atoms with E-state index in [0.29, 0.717) is 12.2 Å². The summed E-state index contributed by atoms with van der Waals surface area (Å²) in [6, 6.07) is 0. The molecule has 1 fully saturated rings. The number of halogens is 1. The number of amides is 1. The fourth-order valence-corrected chi connectivity index (χ4v) is 3.30. The summed E-state index contributed by atoms with van der Waals surface area (Å²) in [5.74, 6) is 0.898. The first kappa shape index (κ1) is 17.9. The standard InChI is InChI=1S/C16H23ClN6O2/c17-16-21-13-12(19-10-20-13)14(22-16)23-7-4-11(5-8-23)15(25)18-6-2-1-3-9-24/h10-11,24H,1-9H2,(H,18,25)(H,19,20,21,22). The predicted molar refractivity (Wildman–Crippen MR) is 95.6 cm³/mol. The van der Waals surface area contributed by atoms with Crippen molar-refractivity contribution in [3.05, 3.63) is 11.6 Å². The van der Waals surface area contributed by atoms with Crippen LogP contribution in [0.3, 0.4) is 0 Å². The summed E-state index contributed by atoms with van der Waals surface area (Å²) in [6.07, 6.45) is 5.76. The second-order valence-corrected chi connectivity index (χ2v) is 6.59. The first-order chi connectivity index (χ1) is 12.2. The quantitative estimate of drug-likeness (QED) is 0.506. The van der Waals surface area contributed by atoms with Crippen molar-refractivity contribution in [2.24, 2.45) is 5.92 Å². The third kappa shape index (κ3) is 4.38. The second-order valence-electron chi connectivity index (χ2n) is 6.25. The van der Waals surface area contributed by atoms with E-state index in [9.17, 15) is 4.79 Å². The number of piperidine rings is 1. The summed E-state index contributed by atoms with van der Waals surface area (Å²) < 4.78 is 0. The molecule has 1 amide bonds. The molecule has 1 saturated heterocycles. The third-order valence-electron chi connectivity index (χ3n) is 4.54. The number of aliphatic hydroxyl groups is 1. The molecule has 9 heteroatoms. The zero-order valence-electron chi connectivity index (χ0n) is 14.0. The van der Waals surface area contributed by atoms with Crippen molar-refractivity contribution in [2.75, 3.05) is 31.1 Å².